The van der Waals surface area contributed by atoms with E-state index in [0.717, 1.165) is 12.0 Å². The molecule has 0 bridgehead atoms. The molecule has 6 heteroatoms. The highest BCUT2D eigenvalue weighted by Crippen LogP contribution is 2.34. The molecular weight excluding hydrogens is 294 g/mol. The van der Waals surface area contributed by atoms with Crippen LogP contribution in [0.25, 0.3) is 0 Å². The fourth-order valence-electron chi connectivity index (χ4n) is 2.38. The first-order valence-electron chi connectivity index (χ1n) is 8.01. The van der Waals surface area contributed by atoms with Gasteiger partial charge in [-0.3, -0.25) is 14.5 Å². The van der Waals surface area contributed by atoms with Crippen LogP contribution < -0.4 is 20.7 Å². The summed E-state index contributed by atoms with van der Waals surface area (Å²) in [5, 5.41) is 2.83. The average Bonchev–Trinajstić information content (AvgIpc) is 2.54. The van der Waals surface area contributed by atoms with Crippen molar-refractivity contribution in [2.45, 2.75) is 33.2 Å². The molecule has 1 aromatic rings. The van der Waals surface area contributed by atoms with Crippen LogP contribution in [-0.4, -0.2) is 31.5 Å². The van der Waals surface area contributed by atoms with Crippen LogP contribution >= 0.6 is 0 Å². The quantitative estimate of drug-likeness (QED) is 0.834. The molecule has 0 spiro atoms. The normalized spacial score (nSPS) is 15.2. The Kier molecular flexibility index (Phi) is 5.60. The van der Waals surface area contributed by atoms with Crippen LogP contribution in [0.3, 0.4) is 0 Å². The molecule has 1 aliphatic rings. The molecular formula is C17H25N3O3. The van der Waals surface area contributed by atoms with E-state index in [9.17, 15) is 9.59 Å². The Morgan fingerprint density at radius 2 is 2.17 bits per heavy atom. The molecule has 3 N–H and O–H groups in total. The van der Waals surface area contributed by atoms with Crippen molar-refractivity contribution >= 4 is 17.5 Å². The lowest BCUT2D eigenvalue weighted by Gasteiger charge is -2.30. The fourth-order valence-corrected chi connectivity index (χ4v) is 2.38. The first kappa shape index (κ1) is 17.3. The van der Waals surface area contributed by atoms with E-state index in [0.29, 0.717) is 23.9 Å². The SMILES string of the molecule is CCC(N)c1ccc2c(c1)N(CC(=O)NCC(C)C)C(=O)CO2. The maximum Gasteiger partial charge on any atom is 0.265 e. The Labute approximate surface area is 137 Å². The lowest BCUT2D eigenvalue weighted by Crippen LogP contribution is -2.45. The van der Waals surface area contributed by atoms with Crippen LogP contribution in [0.4, 0.5) is 5.69 Å². The van der Waals surface area contributed by atoms with E-state index in [1.165, 1.54) is 4.90 Å². The van der Waals surface area contributed by atoms with Gasteiger partial charge in [-0.15, -0.1) is 0 Å². The minimum absolute atomic E-state index is 0.00721. The molecule has 2 rings (SSSR count). The largest absolute Gasteiger partial charge is 0.482 e. The summed E-state index contributed by atoms with van der Waals surface area (Å²) < 4.78 is 5.45. The summed E-state index contributed by atoms with van der Waals surface area (Å²) in [6.45, 7) is 6.58. The van der Waals surface area contributed by atoms with Crippen LogP contribution in [0.15, 0.2) is 18.2 Å². The second kappa shape index (κ2) is 7.46. The second-order valence-electron chi connectivity index (χ2n) is 6.21. The molecule has 6 nitrogen and oxygen atoms in total. The Balaban J connectivity index is 2.20. The van der Waals surface area contributed by atoms with Crippen molar-refractivity contribution in [1.29, 1.82) is 0 Å². The highest BCUT2D eigenvalue weighted by Gasteiger charge is 2.28. The molecule has 1 heterocycles. The average molecular weight is 319 g/mol. The Morgan fingerprint density at radius 3 is 2.83 bits per heavy atom. The summed E-state index contributed by atoms with van der Waals surface area (Å²) in [6.07, 6.45) is 0.794. The number of carbonyl (C=O) groups is 2. The van der Waals surface area contributed by atoms with Crippen LogP contribution in [0, 0.1) is 5.92 Å². The molecule has 0 aromatic heterocycles. The molecule has 126 valence electrons. The number of anilines is 1. The van der Waals surface area contributed by atoms with Gasteiger partial charge in [0.2, 0.25) is 5.91 Å². The number of nitrogens with two attached hydrogens (primary N) is 1. The summed E-state index contributed by atoms with van der Waals surface area (Å²) in [7, 11) is 0. The van der Waals surface area contributed by atoms with E-state index >= 15 is 0 Å². The van der Waals surface area contributed by atoms with E-state index in [1.807, 2.05) is 39.0 Å². The number of rotatable bonds is 6. The minimum atomic E-state index is -0.223. The van der Waals surface area contributed by atoms with E-state index in [2.05, 4.69) is 5.32 Å². The summed E-state index contributed by atoms with van der Waals surface area (Å²) in [6, 6.07) is 5.45. The van der Waals surface area contributed by atoms with Crippen LogP contribution in [0.1, 0.15) is 38.8 Å². The summed E-state index contributed by atoms with van der Waals surface area (Å²) in [5.74, 6) is 0.568. The van der Waals surface area contributed by atoms with Gasteiger partial charge in [-0.25, -0.2) is 0 Å². The number of hydrogen-bond acceptors (Lipinski definition) is 4. The second-order valence-corrected chi connectivity index (χ2v) is 6.21. The summed E-state index contributed by atoms with van der Waals surface area (Å²) >= 11 is 0. The molecule has 1 aliphatic heterocycles. The van der Waals surface area contributed by atoms with E-state index in [-0.39, 0.29) is 31.0 Å². The fraction of sp³-hybridized carbons (Fsp3) is 0.529. The Bertz CT molecular complexity index is 586. The molecule has 1 atom stereocenters. The van der Waals surface area contributed by atoms with Crippen molar-refractivity contribution in [1.82, 2.24) is 5.32 Å². The van der Waals surface area contributed by atoms with Gasteiger partial charge in [-0.05, 0) is 30.0 Å². The molecule has 2 amide bonds. The lowest BCUT2D eigenvalue weighted by atomic mass is 10.0. The van der Waals surface area contributed by atoms with Gasteiger partial charge in [0.1, 0.15) is 12.3 Å². The van der Waals surface area contributed by atoms with Crippen molar-refractivity contribution in [3.05, 3.63) is 23.8 Å². The predicted octanol–water partition coefficient (Wildman–Crippen LogP) is 1.59. The van der Waals surface area contributed by atoms with Gasteiger partial charge in [0.05, 0.1) is 5.69 Å². The topological polar surface area (TPSA) is 84.7 Å². The number of ether oxygens (including phenoxy) is 1. The third-order valence-electron chi connectivity index (χ3n) is 3.80. The Morgan fingerprint density at radius 1 is 1.43 bits per heavy atom. The first-order chi connectivity index (χ1) is 10.9. The van der Waals surface area contributed by atoms with Crippen molar-refractivity contribution < 1.29 is 14.3 Å². The first-order valence-corrected chi connectivity index (χ1v) is 8.01. The van der Waals surface area contributed by atoms with Crippen LogP contribution in [-0.2, 0) is 9.59 Å². The number of fused-ring (bicyclic) bond motifs is 1. The number of amides is 2. The van der Waals surface area contributed by atoms with Crippen LogP contribution in [0.5, 0.6) is 5.75 Å². The van der Waals surface area contributed by atoms with Gasteiger partial charge in [-0.1, -0.05) is 26.8 Å². The monoisotopic (exact) mass is 319 g/mol. The molecule has 0 saturated carbocycles. The molecule has 1 unspecified atom stereocenters. The lowest BCUT2D eigenvalue weighted by molar-refractivity contribution is -0.125. The van der Waals surface area contributed by atoms with E-state index in [4.69, 9.17) is 10.5 Å². The highest BCUT2D eigenvalue weighted by atomic mass is 16.5. The van der Waals surface area contributed by atoms with Crippen molar-refractivity contribution in [3.63, 3.8) is 0 Å². The number of hydrogen-bond donors (Lipinski definition) is 2. The number of nitrogens with zero attached hydrogens (tertiary/aromatic N) is 1. The van der Waals surface area contributed by atoms with Crippen molar-refractivity contribution in [2.75, 3.05) is 24.6 Å². The Hall–Kier alpha value is -2.08. The minimum Gasteiger partial charge on any atom is -0.482 e. The zero-order chi connectivity index (χ0) is 17.0. The van der Waals surface area contributed by atoms with Gasteiger partial charge in [0.15, 0.2) is 6.61 Å². The van der Waals surface area contributed by atoms with E-state index in [1.54, 1.807) is 0 Å². The maximum atomic E-state index is 12.2. The van der Waals surface area contributed by atoms with Crippen molar-refractivity contribution in [3.8, 4) is 5.75 Å². The maximum absolute atomic E-state index is 12.2. The van der Waals surface area contributed by atoms with Gasteiger partial charge in [0, 0.05) is 12.6 Å². The number of carbonyl (C=O) groups excluding carboxylic acids is 2. The third-order valence-corrected chi connectivity index (χ3v) is 3.80. The zero-order valence-electron chi connectivity index (χ0n) is 14.0. The zero-order valence-corrected chi connectivity index (χ0v) is 14.0. The molecule has 23 heavy (non-hydrogen) atoms. The number of benzene rings is 1. The molecule has 0 fully saturated rings. The van der Waals surface area contributed by atoms with Gasteiger partial charge >= 0.3 is 0 Å². The van der Waals surface area contributed by atoms with Gasteiger partial charge in [-0.2, -0.15) is 0 Å². The third kappa shape index (κ3) is 4.22. The molecule has 0 radical (unpaired) electrons. The smallest absolute Gasteiger partial charge is 0.265 e. The van der Waals surface area contributed by atoms with Crippen LogP contribution in [0.2, 0.25) is 0 Å². The molecule has 1 aromatic carbocycles. The van der Waals surface area contributed by atoms with Gasteiger partial charge in [0.25, 0.3) is 5.91 Å². The summed E-state index contributed by atoms with van der Waals surface area (Å²) in [4.78, 5) is 25.7. The predicted molar refractivity (Wildman–Crippen MR) is 89.4 cm³/mol. The van der Waals surface area contributed by atoms with Crippen molar-refractivity contribution in [2.24, 2.45) is 11.7 Å². The number of nitrogens with one attached hydrogen (secondary N) is 1. The van der Waals surface area contributed by atoms with E-state index < -0.39 is 0 Å². The standard InChI is InChI=1S/C17H25N3O3/c1-4-13(18)12-5-6-15-14(7-12)20(17(22)10-23-15)9-16(21)19-8-11(2)3/h5-7,11,13H,4,8-10,18H2,1-3H3,(H,19,21). The van der Waals surface area contributed by atoms with Gasteiger partial charge < -0.3 is 15.8 Å². The summed E-state index contributed by atoms with van der Waals surface area (Å²) in [5.41, 5.74) is 7.61. The molecule has 0 saturated heterocycles. The molecule has 0 aliphatic carbocycles. The highest BCUT2D eigenvalue weighted by molar-refractivity contribution is 6.02.